The van der Waals surface area contributed by atoms with Crippen LogP contribution >= 0.6 is 0 Å². The first kappa shape index (κ1) is 13.1. The molecule has 100 valence electrons. The minimum absolute atomic E-state index is 0.0291. The predicted molar refractivity (Wildman–Crippen MR) is 70.2 cm³/mol. The fourth-order valence-electron chi connectivity index (χ4n) is 1.84. The first-order valence-electron chi connectivity index (χ1n) is 5.99. The molecule has 2 aromatic rings. The molecule has 0 saturated heterocycles. The Morgan fingerprint density at radius 1 is 1.47 bits per heavy atom. The molecule has 6 nitrogen and oxygen atoms in total. The van der Waals surface area contributed by atoms with Gasteiger partial charge in [-0.25, -0.2) is 0 Å². The predicted octanol–water partition coefficient (Wildman–Crippen LogP) is 2.43. The van der Waals surface area contributed by atoms with E-state index in [0.29, 0.717) is 6.54 Å². The third-order valence-corrected chi connectivity index (χ3v) is 2.82. The maximum absolute atomic E-state index is 10.5. The Kier molecular flexibility index (Phi) is 4.12. The van der Waals surface area contributed by atoms with Crippen LogP contribution in [-0.2, 0) is 13.0 Å². The molecule has 0 aliphatic heterocycles. The second kappa shape index (κ2) is 5.99. The molecule has 0 unspecified atom stereocenters. The van der Waals surface area contributed by atoms with Crippen LogP contribution in [0.4, 0.5) is 5.69 Å². The van der Waals surface area contributed by atoms with Crippen molar-refractivity contribution in [2.75, 3.05) is 7.11 Å². The molecular formula is C13H15N3O3. The van der Waals surface area contributed by atoms with Crippen molar-refractivity contribution in [1.82, 2.24) is 9.78 Å². The highest BCUT2D eigenvalue weighted by Crippen LogP contribution is 2.14. The van der Waals surface area contributed by atoms with Gasteiger partial charge in [0.25, 0.3) is 0 Å². The number of nitro groups is 1. The number of hydrogen-bond donors (Lipinski definition) is 0. The summed E-state index contributed by atoms with van der Waals surface area (Å²) in [6.07, 6.45) is 4.47. The number of ether oxygens (including phenoxy) is 1. The Morgan fingerprint density at radius 3 is 3.00 bits per heavy atom. The van der Waals surface area contributed by atoms with Gasteiger partial charge in [-0.3, -0.25) is 14.8 Å². The maximum Gasteiger partial charge on any atom is 0.306 e. The molecule has 0 amide bonds. The SMILES string of the molecule is COc1cccc(CCCn2cc([N+](=O)[O-])cn2)c1. The monoisotopic (exact) mass is 261 g/mol. The molecule has 0 bridgehead atoms. The fraction of sp³-hybridized carbons (Fsp3) is 0.308. The summed E-state index contributed by atoms with van der Waals surface area (Å²) in [5.74, 6) is 0.840. The van der Waals surface area contributed by atoms with Gasteiger partial charge in [-0.05, 0) is 30.5 Å². The van der Waals surface area contributed by atoms with Crippen molar-refractivity contribution in [1.29, 1.82) is 0 Å². The highest BCUT2D eigenvalue weighted by molar-refractivity contribution is 5.28. The lowest BCUT2D eigenvalue weighted by atomic mass is 10.1. The van der Waals surface area contributed by atoms with E-state index < -0.39 is 4.92 Å². The highest BCUT2D eigenvalue weighted by atomic mass is 16.6. The maximum atomic E-state index is 10.5. The number of aromatic nitrogens is 2. The Bertz CT molecular complexity index is 566. The average molecular weight is 261 g/mol. The molecule has 0 fully saturated rings. The molecule has 1 aromatic heterocycles. The molecule has 0 aliphatic rings. The van der Waals surface area contributed by atoms with Gasteiger partial charge in [0.1, 0.15) is 18.1 Å². The van der Waals surface area contributed by atoms with Gasteiger partial charge in [0.15, 0.2) is 0 Å². The Balaban J connectivity index is 1.86. The van der Waals surface area contributed by atoms with Crippen LogP contribution in [0.2, 0.25) is 0 Å². The van der Waals surface area contributed by atoms with E-state index in [1.807, 2.05) is 24.3 Å². The van der Waals surface area contributed by atoms with Gasteiger partial charge in [0.2, 0.25) is 0 Å². The topological polar surface area (TPSA) is 70.2 Å². The summed E-state index contributed by atoms with van der Waals surface area (Å²) in [6.45, 7) is 0.658. The van der Waals surface area contributed by atoms with Gasteiger partial charge >= 0.3 is 5.69 Å². The van der Waals surface area contributed by atoms with Crippen LogP contribution in [0.5, 0.6) is 5.75 Å². The number of hydrogen-bond acceptors (Lipinski definition) is 4. The van der Waals surface area contributed by atoms with E-state index in [1.54, 1.807) is 11.8 Å². The van der Waals surface area contributed by atoms with E-state index in [9.17, 15) is 10.1 Å². The van der Waals surface area contributed by atoms with Crippen LogP contribution in [0.3, 0.4) is 0 Å². The smallest absolute Gasteiger partial charge is 0.306 e. The third-order valence-electron chi connectivity index (χ3n) is 2.82. The number of aryl methyl sites for hydroxylation is 2. The lowest BCUT2D eigenvalue weighted by molar-refractivity contribution is -0.385. The average Bonchev–Trinajstić information content (AvgIpc) is 2.88. The molecule has 0 aliphatic carbocycles. The second-order valence-electron chi connectivity index (χ2n) is 4.17. The van der Waals surface area contributed by atoms with Crippen LogP contribution in [0, 0.1) is 10.1 Å². The summed E-state index contributed by atoms with van der Waals surface area (Å²) < 4.78 is 6.75. The third kappa shape index (κ3) is 3.54. The Hall–Kier alpha value is -2.37. The van der Waals surface area contributed by atoms with E-state index >= 15 is 0 Å². The summed E-state index contributed by atoms with van der Waals surface area (Å²) in [6, 6.07) is 7.88. The zero-order valence-corrected chi connectivity index (χ0v) is 10.7. The van der Waals surface area contributed by atoms with Gasteiger partial charge in [0, 0.05) is 6.54 Å². The van der Waals surface area contributed by atoms with E-state index in [-0.39, 0.29) is 5.69 Å². The standard InChI is InChI=1S/C13H15N3O3/c1-19-13-6-2-4-11(8-13)5-3-7-15-10-12(9-14-15)16(17)18/h2,4,6,8-10H,3,5,7H2,1H3. The molecule has 0 radical (unpaired) electrons. The normalized spacial score (nSPS) is 10.4. The molecule has 0 atom stereocenters. The number of benzene rings is 1. The van der Waals surface area contributed by atoms with Crippen LogP contribution in [0.1, 0.15) is 12.0 Å². The quantitative estimate of drug-likeness (QED) is 0.591. The van der Waals surface area contributed by atoms with Crippen molar-refractivity contribution in [3.63, 3.8) is 0 Å². The molecule has 2 rings (SSSR count). The minimum atomic E-state index is -0.439. The van der Waals surface area contributed by atoms with E-state index in [4.69, 9.17) is 4.74 Å². The number of nitrogens with zero attached hydrogens (tertiary/aromatic N) is 3. The van der Waals surface area contributed by atoms with Crippen molar-refractivity contribution in [3.05, 3.63) is 52.3 Å². The molecule has 1 heterocycles. The van der Waals surface area contributed by atoms with Crippen LogP contribution in [0.25, 0.3) is 0 Å². The number of rotatable bonds is 6. The van der Waals surface area contributed by atoms with E-state index in [2.05, 4.69) is 5.10 Å². The zero-order chi connectivity index (χ0) is 13.7. The lowest BCUT2D eigenvalue weighted by Gasteiger charge is -2.04. The van der Waals surface area contributed by atoms with Gasteiger partial charge < -0.3 is 4.74 Å². The molecule has 1 aromatic carbocycles. The van der Waals surface area contributed by atoms with Crippen LogP contribution in [0.15, 0.2) is 36.7 Å². The van der Waals surface area contributed by atoms with E-state index in [0.717, 1.165) is 18.6 Å². The summed E-state index contributed by atoms with van der Waals surface area (Å²) in [5.41, 5.74) is 1.21. The van der Waals surface area contributed by atoms with Gasteiger partial charge in [-0.15, -0.1) is 0 Å². The molecule has 0 N–H and O–H groups in total. The van der Waals surface area contributed by atoms with Gasteiger partial charge in [-0.2, -0.15) is 5.10 Å². The molecule has 19 heavy (non-hydrogen) atoms. The van der Waals surface area contributed by atoms with Gasteiger partial charge in [0.05, 0.1) is 12.0 Å². The van der Waals surface area contributed by atoms with Gasteiger partial charge in [-0.1, -0.05) is 12.1 Å². The van der Waals surface area contributed by atoms with Crippen molar-refractivity contribution in [3.8, 4) is 5.75 Å². The molecular weight excluding hydrogens is 246 g/mol. The fourth-order valence-corrected chi connectivity index (χ4v) is 1.84. The highest BCUT2D eigenvalue weighted by Gasteiger charge is 2.08. The van der Waals surface area contributed by atoms with Crippen molar-refractivity contribution in [2.45, 2.75) is 19.4 Å². The van der Waals surface area contributed by atoms with Crippen LogP contribution < -0.4 is 4.74 Å². The Morgan fingerprint density at radius 2 is 2.32 bits per heavy atom. The second-order valence-corrected chi connectivity index (χ2v) is 4.17. The van der Waals surface area contributed by atoms with E-state index in [1.165, 1.54) is 18.0 Å². The largest absolute Gasteiger partial charge is 0.497 e. The first-order chi connectivity index (χ1) is 9.19. The molecule has 0 saturated carbocycles. The van der Waals surface area contributed by atoms with Crippen molar-refractivity contribution < 1.29 is 9.66 Å². The van der Waals surface area contributed by atoms with Crippen LogP contribution in [-0.4, -0.2) is 21.8 Å². The Labute approximate surface area is 110 Å². The zero-order valence-electron chi connectivity index (χ0n) is 10.7. The molecule has 6 heteroatoms. The lowest BCUT2D eigenvalue weighted by Crippen LogP contribution is -2.00. The summed E-state index contributed by atoms with van der Waals surface area (Å²) >= 11 is 0. The minimum Gasteiger partial charge on any atom is -0.497 e. The number of methoxy groups -OCH3 is 1. The molecule has 0 spiro atoms. The summed E-state index contributed by atoms with van der Waals surface area (Å²) in [5, 5.41) is 14.5. The summed E-state index contributed by atoms with van der Waals surface area (Å²) in [7, 11) is 1.64. The van der Waals surface area contributed by atoms with Crippen molar-refractivity contribution in [2.24, 2.45) is 0 Å². The summed E-state index contributed by atoms with van der Waals surface area (Å²) in [4.78, 5) is 10.1. The first-order valence-corrected chi connectivity index (χ1v) is 5.99. The van der Waals surface area contributed by atoms with Crippen molar-refractivity contribution >= 4 is 5.69 Å².